The molecule has 1 amide bonds. The molecule has 1 aliphatic heterocycles. The van der Waals surface area contributed by atoms with Gasteiger partial charge in [0, 0.05) is 31.4 Å². The largest absolute Gasteiger partial charge is 0.490 e. The van der Waals surface area contributed by atoms with Crippen LogP contribution in [0.15, 0.2) is 18.3 Å². The van der Waals surface area contributed by atoms with Crippen LogP contribution < -0.4 is 10.1 Å². The minimum absolute atomic E-state index is 0.0451. The van der Waals surface area contributed by atoms with E-state index in [4.69, 9.17) is 4.74 Å². The average molecular weight is 328 g/mol. The van der Waals surface area contributed by atoms with Crippen molar-refractivity contribution >= 4 is 11.6 Å². The first-order valence-electron chi connectivity index (χ1n) is 8.82. The van der Waals surface area contributed by atoms with Gasteiger partial charge < -0.3 is 10.1 Å². The fourth-order valence-electron chi connectivity index (χ4n) is 3.63. The number of likely N-dealkylation sites (tertiary alicyclic amines) is 1. The third-order valence-corrected chi connectivity index (χ3v) is 4.92. The second-order valence-electron chi connectivity index (χ2n) is 6.73. The molecule has 1 N–H and O–H groups in total. The zero-order valence-electron chi connectivity index (χ0n) is 14.3. The van der Waals surface area contributed by atoms with E-state index in [9.17, 15) is 4.79 Å². The molecule has 2 aliphatic rings. The lowest BCUT2D eigenvalue weighted by Gasteiger charge is -2.16. The van der Waals surface area contributed by atoms with E-state index in [2.05, 4.69) is 15.2 Å². The number of hydrogen-bond acceptors (Lipinski definition) is 4. The lowest BCUT2D eigenvalue weighted by molar-refractivity contribution is 0.0931. The summed E-state index contributed by atoms with van der Waals surface area (Å²) in [6, 6.07) is 4.77. The number of fused-ring (bicyclic) bond motifs is 1. The molecular weight excluding hydrogens is 304 g/mol. The van der Waals surface area contributed by atoms with Crippen LogP contribution in [-0.2, 0) is 0 Å². The zero-order valence-corrected chi connectivity index (χ0v) is 14.3. The number of carbonyl (C=O) groups is 1. The number of ether oxygens (including phenoxy) is 1. The van der Waals surface area contributed by atoms with Crippen molar-refractivity contribution in [2.45, 2.75) is 45.2 Å². The Bertz CT molecular complexity index is 766. The molecule has 1 saturated carbocycles. The van der Waals surface area contributed by atoms with Crippen LogP contribution in [0, 0.1) is 6.92 Å². The highest BCUT2D eigenvalue weighted by molar-refractivity contribution is 5.95. The quantitative estimate of drug-likeness (QED) is 0.912. The molecule has 2 aromatic heterocycles. The predicted molar refractivity (Wildman–Crippen MR) is 91.6 cm³/mol. The first-order valence-corrected chi connectivity index (χ1v) is 8.82. The Morgan fingerprint density at radius 3 is 3.00 bits per heavy atom. The van der Waals surface area contributed by atoms with Gasteiger partial charge in [-0.2, -0.15) is 0 Å². The van der Waals surface area contributed by atoms with E-state index in [1.807, 2.05) is 36.6 Å². The summed E-state index contributed by atoms with van der Waals surface area (Å²) in [5.41, 5.74) is 2.04. The van der Waals surface area contributed by atoms with Gasteiger partial charge in [-0.05, 0) is 45.2 Å². The number of nitrogens with zero attached hydrogens (tertiary/aromatic N) is 3. The molecule has 1 saturated heterocycles. The normalized spacial score (nSPS) is 21.3. The Kier molecular flexibility index (Phi) is 3.92. The summed E-state index contributed by atoms with van der Waals surface area (Å²) in [5.74, 6) is 0.666. The van der Waals surface area contributed by atoms with E-state index in [0.29, 0.717) is 23.7 Å². The van der Waals surface area contributed by atoms with Crippen LogP contribution in [0.1, 0.15) is 42.4 Å². The SMILES string of the molecule is CCOc1cccn2c(C(=O)N[C@@H]3CCN(C4CC4)C3)c(C)nc12. The Hall–Kier alpha value is -2.08. The summed E-state index contributed by atoms with van der Waals surface area (Å²) in [5, 5.41) is 3.20. The van der Waals surface area contributed by atoms with Gasteiger partial charge in [0.1, 0.15) is 5.69 Å². The second-order valence-corrected chi connectivity index (χ2v) is 6.73. The van der Waals surface area contributed by atoms with Crippen LogP contribution in [-0.4, -0.2) is 52.0 Å². The molecular formula is C18H24N4O2. The number of nitrogens with one attached hydrogen (secondary N) is 1. The summed E-state index contributed by atoms with van der Waals surface area (Å²) in [6.07, 6.45) is 5.53. The van der Waals surface area contributed by atoms with Crippen molar-refractivity contribution in [3.05, 3.63) is 29.7 Å². The van der Waals surface area contributed by atoms with Gasteiger partial charge >= 0.3 is 0 Å². The molecule has 1 aliphatic carbocycles. The first-order chi connectivity index (χ1) is 11.7. The Morgan fingerprint density at radius 2 is 2.25 bits per heavy atom. The third kappa shape index (κ3) is 2.75. The van der Waals surface area contributed by atoms with Crippen molar-refractivity contribution in [3.63, 3.8) is 0 Å². The van der Waals surface area contributed by atoms with E-state index in [1.165, 1.54) is 12.8 Å². The number of rotatable bonds is 5. The lowest BCUT2D eigenvalue weighted by atomic mass is 10.2. The number of carbonyl (C=O) groups excluding carboxylic acids is 1. The molecule has 24 heavy (non-hydrogen) atoms. The Labute approximate surface area is 141 Å². The summed E-state index contributed by atoms with van der Waals surface area (Å²) in [6.45, 7) is 6.46. The molecule has 128 valence electrons. The average Bonchev–Trinajstić information content (AvgIpc) is 3.20. The van der Waals surface area contributed by atoms with Crippen molar-refractivity contribution in [2.24, 2.45) is 0 Å². The fourth-order valence-corrected chi connectivity index (χ4v) is 3.63. The van der Waals surface area contributed by atoms with Gasteiger partial charge in [-0.15, -0.1) is 0 Å². The summed E-state index contributed by atoms with van der Waals surface area (Å²) in [4.78, 5) is 19.9. The first kappa shape index (κ1) is 15.4. The topological polar surface area (TPSA) is 58.9 Å². The fraction of sp³-hybridized carbons (Fsp3) is 0.556. The van der Waals surface area contributed by atoms with Crippen molar-refractivity contribution in [1.82, 2.24) is 19.6 Å². The third-order valence-electron chi connectivity index (χ3n) is 4.92. The molecule has 0 radical (unpaired) electrons. The highest BCUT2D eigenvalue weighted by atomic mass is 16.5. The molecule has 0 aromatic carbocycles. The van der Waals surface area contributed by atoms with Gasteiger partial charge in [0.05, 0.1) is 12.3 Å². The van der Waals surface area contributed by atoms with Gasteiger partial charge in [0.25, 0.3) is 5.91 Å². The predicted octanol–water partition coefficient (Wildman–Crippen LogP) is 2.01. The molecule has 0 spiro atoms. The molecule has 0 unspecified atom stereocenters. The van der Waals surface area contributed by atoms with Gasteiger partial charge in [0.2, 0.25) is 0 Å². The molecule has 2 fully saturated rings. The summed E-state index contributed by atoms with van der Waals surface area (Å²) in [7, 11) is 0. The second kappa shape index (κ2) is 6.09. The molecule has 2 aromatic rings. The Morgan fingerprint density at radius 1 is 1.42 bits per heavy atom. The van der Waals surface area contributed by atoms with Gasteiger partial charge in [-0.1, -0.05) is 0 Å². The number of hydrogen-bond donors (Lipinski definition) is 1. The van der Waals surface area contributed by atoms with Crippen LogP contribution in [0.25, 0.3) is 5.65 Å². The standard InChI is InChI=1S/C18H24N4O2/c1-3-24-15-5-4-9-22-16(12(2)19-17(15)22)18(23)20-13-8-10-21(11-13)14-6-7-14/h4-5,9,13-14H,3,6-8,10-11H2,1-2H3,(H,20,23)/t13-/m1/s1. The number of amides is 1. The van der Waals surface area contributed by atoms with Crippen molar-refractivity contribution in [3.8, 4) is 5.75 Å². The molecule has 6 nitrogen and oxygen atoms in total. The maximum absolute atomic E-state index is 12.8. The van der Waals surface area contributed by atoms with E-state index in [1.54, 1.807) is 0 Å². The van der Waals surface area contributed by atoms with E-state index in [0.717, 1.165) is 31.2 Å². The highest BCUT2D eigenvalue weighted by Crippen LogP contribution is 2.30. The van der Waals surface area contributed by atoms with Crippen LogP contribution in [0.2, 0.25) is 0 Å². The van der Waals surface area contributed by atoms with Gasteiger partial charge in [-0.25, -0.2) is 4.98 Å². The van der Waals surface area contributed by atoms with E-state index >= 15 is 0 Å². The molecule has 3 heterocycles. The molecule has 6 heteroatoms. The maximum Gasteiger partial charge on any atom is 0.270 e. The maximum atomic E-state index is 12.8. The Balaban J connectivity index is 1.55. The zero-order chi connectivity index (χ0) is 16.7. The van der Waals surface area contributed by atoms with Crippen molar-refractivity contribution in [1.29, 1.82) is 0 Å². The molecule has 0 bridgehead atoms. The minimum atomic E-state index is -0.0451. The minimum Gasteiger partial charge on any atom is -0.490 e. The summed E-state index contributed by atoms with van der Waals surface area (Å²) >= 11 is 0. The lowest BCUT2D eigenvalue weighted by Crippen LogP contribution is -2.38. The number of imidazole rings is 1. The van der Waals surface area contributed by atoms with Gasteiger partial charge in [-0.3, -0.25) is 14.1 Å². The van der Waals surface area contributed by atoms with E-state index < -0.39 is 0 Å². The van der Waals surface area contributed by atoms with Crippen molar-refractivity contribution < 1.29 is 9.53 Å². The van der Waals surface area contributed by atoms with Crippen LogP contribution >= 0.6 is 0 Å². The van der Waals surface area contributed by atoms with Gasteiger partial charge in [0.15, 0.2) is 11.4 Å². The number of pyridine rings is 1. The van der Waals surface area contributed by atoms with Crippen LogP contribution in [0.3, 0.4) is 0 Å². The molecule has 4 rings (SSSR count). The molecule has 1 atom stereocenters. The van der Waals surface area contributed by atoms with Crippen LogP contribution in [0.5, 0.6) is 5.75 Å². The van der Waals surface area contributed by atoms with E-state index in [-0.39, 0.29) is 11.9 Å². The number of aromatic nitrogens is 2. The number of aryl methyl sites for hydroxylation is 1. The smallest absolute Gasteiger partial charge is 0.270 e. The summed E-state index contributed by atoms with van der Waals surface area (Å²) < 4.78 is 7.46. The monoisotopic (exact) mass is 328 g/mol. The van der Waals surface area contributed by atoms with Crippen LogP contribution in [0.4, 0.5) is 0 Å². The highest BCUT2D eigenvalue weighted by Gasteiger charge is 2.35. The van der Waals surface area contributed by atoms with Crippen molar-refractivity contribution in [2.75, 3.05) is 19.7 Å².